The number of sulfonamides is 1. The van der Waals surface area contributed by atoms with E-state index in [1.165, 1.54) is 15.6 Å². The van der Waals surface area contributed by atoms with Gasteiger partial charge in [0.1, 0.15) is 0 Å². The third kappa shape index (κ3) is 7.92. The third-order valence-corrected chi connectivity index (χ3v) is 7.11. The van der Waals surface area contributed by atoms with Gasteiger partial charge >= 0.3 is 0 Å². The van der Waals surface area contributed by atoms with Gasteiger partial charge < -0.3 is 20.7 Å². The van der Waals surface area contributed by atoms with Crippen LogP contribution in [-0.2, 0) is 17.1 Å². The molecule has 0 aliphatic carbocycles. The SMILES string of the molecule is Cn1cncc1-c1cc(/C=N/N(CCC(C)(C)O)C(N)=S)nc(NC2CCN(S(C)(=O)=O)CC2)n1. The maximum Gasteiger partial charge on any atom is 0.224 e. The summed E-state index contributed by atoms with van der Waals surface area (Å²) in [6.45, 7) is 4.64. The van der Waals surface area contributed by atoms with Gasteiger partial charge in [0.2, 0.25) is 16.0 Å². The van der Waals surface area contributed by atoms with Gasteiger partial charge in [0.05, 0.1) is 47.7 Å². The largest absolute Gasteiger partial charge is 0.390 e. The summed E-state index contributed by atoms with van der Waals surface area (Å²) < 4.78 is 26.9. The van der Waals surface area contributed by atoms with Crippen molar-refractivity contribution in [1.29, 1.82) is 0 Å². The zero-order valence-corrected chi connectivity index (χ0v) is 22.1. The Morgan fingerprint density at radius 1 is 1.40 bits per heavy atom. The van der Waals surface area contributed by atoms with Gasteiger partial charge in [-0.2, -0.15) is 5.10 Å². The van der Waals surface area contributed by atoms with E-state index in [0.29, 0.717) is 56.2 Å². The summed E-state index contributed by atoms with van der Waals surface area (Å²) in [5.41, 5.74) is 6.90. The van der Waals surface area contributed by atoms with E-state index in [0.717, 1.165) is 5.69 Å². The lowest BCUT2D eigenvalue weighted by atomic mass is 10.1. The van der Waals surface area contributed by atoms with E-state index in [4.69, 9.17) is 18.0 Å². The zero-order chi connectivity index (χ0) is 25.8. The molecular formula is C21H33N9O3S2. The van der Waals surface area contributed by atoms with Crippen molar-refractivity contribution < 1.29 is 13.5 Å². The number of aromatic nitrogens is 4. The molecule has 192 valence electrons. The first-order chi connectivity index (χ1) is 16.3. The Hall–Kier alpha value is -2.68. The fourth-order valence-electron chi connectivity index (χ4n) is 3.58. The van der Waals surface area contributed by atoms with Crippen LogP contribution in [0.25, 0.3) is 11.4 Å². The Morgan fingerprint density at radius 3 is 2.63 bits per heavy atom. The average molecular weight is 524 g/mol. The topological polar surface area (TPSA) is 155 Å². The molecule has 0 radical (unpaired) electrons. The van der Waals surface area contributed by atoms with Crippen molar-refractivity contribution in [2.45, 2.75) is 44.8 Å². The van der Waals surface area contributed by atoms with Gasteiger partial charge in [0.25, 0.3) is 0 Å². The summed E-state index contributed by atoms with van der Waals surface area (Å²) in [6.07, 6.45) is 7.87. The van der Waals surface area contributed by atoms with Crippen LogP contribution in [0.4, 0.5) is 5.95 Å². The molecule has 1 saturated heterocycles. The molecule has 14 heteroatoms. The maximum atomic E-state index is 11.8. The van der Waals surface area contributed by atoms with Gasteiger partial charge in [-0.25, -0.2) is 32.7 Å². The highest BCUT2D eigenvalue weighted by atomic mass is 32.2. The molecule has 1 fully saturated rings. The zero-order valence-electron chi connectivity index (χ0n) is 20.4. The summed E-state index contributed by atoms with van der Waals surface area (Å²) in [4.78, 5) is 13.4. The number of imidazole rings is 1. The molecule has 0 unspecified atom stereocenters. The Bertz CT molecular complexity index is 1170. The van der Waals surface area contributed by atoms with Crippen molar-refractivity contribution in [2.75, 3.05) is 31.2 Å². The first-order valence-electron chi connectivity index (χ1n) is 11.2. The number of hydrazone groups is 1. The number of nitrogens with one attached hydrogen (secondary N) is 1. The monoisotopic (exact) mass is 523 g/mol. The molecule has 0 aromatic carbocycles. The Balaban J connectivity index is 1.83. The van der Waals surface area contributed by atoms with Crippen LogP contribution in [0, 0.1) is 0 Å². The predicted octanol–water partition coefficient (Wildman–Crippen LogP) is 0.754. The van der Waals surface area contributed by atoms with E-state index >= 15 is 0 Å². The molecular weight excluding hydrogens is 490 g/mol. The van der Waals surface area contributed by atoms with Crippen molar-refractivity contribution >= 4 is 39.5 Å². The van der Waals surface area contributed by atoms with E-state index in [-0.39, 0.29) is 11.2 Å². The average Bonchev–Trinajstić information content (AvgIpc) is 3.18. The summed E-state index contributed by atoms with van der Waals surface area (Å²) in [5.74, 6) is 0.404. The number of piperidine rings is 1. The summed E-state index contributed by atoms with van der Waals surface area (Å²) in [6, 6.07) is 1.81. The van der Waals surface area contributed by atoms with Crippen molar-refractivity contribution in [2.24, 2.45) is 17.9 Å². The molecule has 0 saturated carbocycles. The van der Waals surface area contributed by atoms with E-state index in [1.54, 1.807) is 38.7 Å². The second-order valence-electron chi connectivity index (χ2n) is 9.24. The molecule has 3 rings (SSSR count). The Kier molecular flexibility index (Phi) is 8.41. The van der Waals surface area contributed by atoms with Crippen LogP contribution in [0.5, 0.6) is 0 Å². The molecule has 1 aliphatic heterocycles. The van der Waals surface area contributed by atoms with Gasteiger partial charge in [-0.1, -0.05) is 0 Å². The first kappa shape index (κ1) is 26.9. The smallest absolute Gasteiger partial charge is 0.224 e. The van der Waals surface area contributed by atoms with Crippen LogP contribution in [0.1, 0.15) is 38.8 Å². The van der Waals surface area contributed by atoms with Crippen LogP contribution in [-0.4, -0.2) is 91.2 Å². The lowest BCUT2D eigenvalue weighted by molar-refractivity contribution is 0.0649. The highest BCUT2D eigenvalue weighted by molar-refractivity contribution is 7.88. The number of nitrogens with zero attached hydrogens (tertiary/aromatic N) is 7. The highest BCUT2D eigenvalue weighted by Gasteiger charge is 2.25. The lowest BCUT2D eigenvalue weighted by Gasteiger charge is -2.30. The molecule has 0 atom stereocenters. The molecule has 2 aromatic rings. The van der Waals surface area contributed by atoms with Gasteiger partial charge in [-0.15, -0.1) is 0 Å². The minimum absolute atomic E-state index is 0.0273. The second-order valence-corrected chi connectivity index (χ2v) is 11.6. The molecule has 1 aliphatic rings. The summed E-state index contributed by atoms with van der Waals surface area (Å²) in [7, 11) is -1.33. The van der Waals surface area contributed by atoms with E-state index in [2.05, 4.69) is 25.4 Å². The minimum atomic E-state index is -3.20. The van der Waals surface area contributed by atoms with E-state index in [9.17, 15) is 13.5 Å². The van der Waals surface area contributed by atoms with Crippen molar-refractivity contribution in [3.8, 4) is 11.4 Å². The number of nitrogens with two attached hydrogens (primary N) is 1. The molecule has 0 spiro atoms. The lowest BCUT2D eigenvalue weighted by Crippen LogP contribution is -2.42. The quantitative estimate of drug-likeness (QED) is 0.244. The van der Waals surface area contributed by atoms with E-state index in [1.807, 2.05) is 11.6 Å². The van der Waals surface area contributed by atoms with Gasteiger partial charge in [-0.05, 0) is 51.4 Å². The molecule has 3 heterocycles. The molecule has 12 nitrogen and oxygen atoms in total. The minimum Gasteiger partial charge on any atom is -0.390 e. The van der Waals surface area contributed by atoms with Crippen LogP contribution in [0.15, 0.2) is 23.7 Å². The number of rotatable bonds is 9. The molecule has 2 aromatic heterocycles. The van der Waals surface area contributed by atoms with E-state index < -0.39 is 15.6 Å². The van der Waals surface area contributed by atoms with Crippen molar-refractivity contribution in [1.82, 2.24) is 28.8 Å². The summed E-state index contributed by atoms with van der Waals surface area (Å²) in [5, 5.41) is 19.3. The fourth-order valence-corrected chi connectivity index (χ4v) is 4.59. The molecule has 35 heavy (non-hydrogen) atoms. The summed E-state index contributed by atoms with van der Waals surface area (Å²) >= 11 is 5.10. The Labute approximate surface area is 211 Å². The van der Waals surface area contributed by atoms with Crippen molar-refractivity contribution in [3.05, 3.63) is 24.3 Å². The third-order valence-electron chi connectivity index (χ3n) is 5.60. The van der Waals surface area contributed by atoms with Crippen LogP contribution in [0.2, 0.25) is 0 Å². The number of hydrogen-bond donors (Lipinski definition) is 3. The van der Waals surface area contributed by atoms with Crippen LogP contribution >= 0.6 is 12.2 Å². The fraction of sp³-hybridized carbons (Fsp3) is 0.571. The first-order valence-corrected chi connectivity index (χ1v) is 13.5. The molecule has 0 amide bonds. The molecule has 4 N–H and O–H groups in total. The standard InChI is InChI=1S/C21H33N9O3S2/c1-21(2,31)7-10-30(19(22)34)24-12-16-11-17(18-13-23-14-28(18)3)27-20(26-16)25-15-5-8-29(9-6-15)35(4,32)33/h11-15,31H,5-10H2,1-4H3,(H2,22,34)(H,25,26,27)/b24-12+. The van der Waals surface area contributed by atoms with Gasteiger partial charge in [0.15, 0.2) is 5.11 Å². The van der Waals surface area contributed by atoms with Gasteiger partial charge in [0, 0.05) is 32.7 Å². The van der Waals surface area contributed by atoms with Crippen LogP contribution < -0.4 is 11.1 Å². The second kappa shape index (κ2) is 10.9. The maximum absolute atomic E-state index is 11.8. The number of thiocarbonyl (C=S) groups is 1. The molecule has 0 bridgehead atoms. The van der Waals surface area contributed by atoms with Gasteiger partial charge in [-0.3, -0.25) is 0 Å². The Morgan fingerprint density at radius 2 is 2.09 bits per heavy atom. The number of hydrogen-bond acceptors (Lipinski definition) is 9. The highest BCUT2D eigenvalue weighted by Crippen LogP contribution is 2.21. The number of anilines is 1. The predicted molar refractivity (Wildman–Crippen MR) is 139 cm³/mol. The normalized spacial score (nSPS) is 16.0. The van der Waals surface area contributed by atoms with Crippen LogP contribution in [0.3, 0.4) is 0 Å². The number of aliphatic hydroxyl groups is 1. The number of aryl methyl sites for hydroxylation is 1. The van der Waals surface area contributed by atoms with Crippen molar-refractivity contribution in [3.63, 3.8) is 0 Å².